The Balaban J connectivity index is 1.84. The van der Waals surface area contributed by atoms with Crippen molar-refractivity contribution < 1.29 is 4.79 Å². The van der Waals surface area contributed by atoms with E-state index < -0.39 is 0 Å². The largest absolute Gasteiger partial charge is 0.340 e. The Kier molecular flexibility index (Phi) is 4.59. The zero-order valence-electron chi connectivity index (χ0n) is 12.3. The van der Waals surface area contributed by atoms with Crippen molar-refractivity contribution in [1.82, 2.24) is 9.80 Å². The highest BCUT2D eigenvalue weighted by Gasteiger charge is 2.18. The molecule has 1 amide bonds. The third-order valence-electron chi connectivity index (χ3n) is 4.05. The molecule has 1 heterocycles. The molecule has 0 spiro atoms. The molecule has 1 saturated heterocycles. The molecule has 0 saturated carbocycles. The van der Waals surface area contributed by atoms with Crippen LogP contribution < -0.4 is 0 Å². The smallest absolute Gasteiger partial charge is 0.222 e. The minimum atomic E-state index is 0.298. The van der Waals surface area contributed by atoms with Gasteiger partial charge >= 0.3 is 0 Å². The monoisotopic (exact) mass is 260 g/mol. The van der Waals surface area contributed by atoms with Crippen molar-refractivity contribution in [1.29, 1.82) is 0 Å². The molecule has 0 N–H and O–H groups in total. The Morgan fingerprint density at radius 1 is 1.11 bits per heavy atom. The summed E-state index contributed by atoms with van der Waals surface area (Å²) in [5, 5.41) is 0. The highest BCUT2D eigenvalue weighted by atomic mass is 16.2. The Bertz CT molecular complexity index is 448. The summed E-state index contributed by atoms with van der Waals surface area (Å²) in [6.07, 6.45) is 1.48. The molecule has 0 aromatic heterocycles. The van der Waals surface area contributed by atoms with Gasteiger partial charge in [-0.3, -0.25) is 4.79 Å². The number of carbonyl (C=O) groups excluding carboxylic acids is 1. The second kappa shape index (κ2) is 6.20. The average molecular weight is 260 g/mol. The van der Waals surface area contributed by atoms with Gasteiger partial charge in [-0.2, -0.15) is 0 Å². The van der Waals surface area contributed by atoms with Crippen molar-refractivity contribution >= 4 is 5.91 Å². The van der Waals surface area contributed by atoms with Gasteiger partial charge in [0.25, 0.3) is 0 Å². The highest BCUT2D eigenvalue weighted by Crippen LogP contribution is 2.12. The molecule has 1 aromatic rings. The molecule has 0 bridgehead atoms. The minimum Gasteiger partial charge on any atom is -0.340 e. The van der Waals surface area contributed by atoms with Gasteiger partial charge in [0.1, 0.15) is 0 Å². The number of carbonyl (C=O) groups is 1. The van der Waals surface area contributed by atoms with Crippen molar-refractivity contribution in [3.8, 4) is 0 Å². The topological polar surface area (TPSA) is 23.6 Å². The molecule has 1 aliphatic heterocycles. The van der Waals surface area contributed by atoms with Gasteiger partial charge in [0.15, 0.2) is 0 Å². The zero-order chi connectivity index (χ0) is 13.8. The molecule has 3 heteroatoms. The van der Waals surface area contributed by atoms with E-state index in [2.05, 4.69) is 44.0 Å². The van der Waals surface area contributed by atoms with Gasteiger partial charge in [-0.1, -0.05) is 18.2 Å². The summed E-state index contributed by atoms with van der Waals surface area (Å²) in [4.78, 5) is 16.4. The van der Waals surface area contributed by atoms with Crippen molar-refractivity contribution in [2.45, 2.75) is 26.7 Å². The number of likely N-dealkylation sites (N-methyl/N-ethyl adjacent to an activating group) is 1. The first kappa shape index (κ1) is 14.1. The Labute approximate surface area is 116 Å². The molecule has 0 aliphatic carbocycles. The standard InChI is InChI=1S/C16H24N2O/c1-13-4-5-15(12-14(13)2)6-7-16(19)18-10-8-17(3)9-11-18/h4-5,12H,6-11H2,1-3H3. The normalized spacial score (nSPS) is 16.7. The van der Waals surface area contributed by atoms with Crippen LogP contribution in [-0.2, 0) is 11.2 Å². The molecular weight excluding hydrogens is 236 g/mol. The molecule has 2 rings (SSSR count). The predicted octanol–water partition coefficient (Wildman–Crippen LogP) is 2.01. The third kappa shape index (κ3) is 3.80. The van der Waals surface area contributed by atoms with Crippen molar-refractivity contribution in [3.05, 3.63) is 34.9 Å². The number of benzene rings is 1. The average Bonchev–Trinajstić information content (AvgIpc) is 2.40. The summed E-state index contributed by atoms with van der Waals surface area (Å²) in [6, 6.07) is 6.48. The predicted molar refractivity (Wildman–Crippen MR) is 78.3 cm³/mol. The maximum atomic E-state index is 12.1. The van der Waals surface area contributed by atoms with Crippen LogP contribution in [0.5, 0.6) is 0 Å². The quantitative estimate of drug-likeness (QED) is 0.830. The van der Waals surface area contributed by atoms with Crippen molar-refractivity contribution in [2.24, 2.45) is 0 Å². The highest BCUT2D eigenvalue weighted by molar-refractivity contribution is 5.76. The number of nitrogens with zero attached hydrogens (tertiary/aromatic N) is 2. The van der Waals surface area contributed by atoms with E-state index >= 15 is 0 Å². The second-order valence-electron chi connectivity index (χ2n) is 5.60. The van der Waals surface area contributed by atoms with Crippen molar-refractivity contribution in [2.75, 3.05) is 33.2 Å². The third-order valence-corrected chi connectivity index (χ3v) is 4.05. The Morgan fingerprint density at radius 2 is 1.79 bits per heavy atom. The molecular formula is C16H24N2O. The first-order valence-corrected chi connectivity index (χ1v) is 7.08. The van der Waals surface area contributed by atoms with E-state index in [1.165, 1.54) is 16.7 Å². The summed E-state index contributed by atoms with van der Waals surface area (Å²) in [5.41, 5.74) is 3.89. The first-order chi connectivity index (χ1) is 9.06. The first-order valence-electron chi connectivity index (χ1n) is 7.08. The summed E-state index contributed by atoms with van der Waals surface area (Å²) in [5.74, 6) is 0.298. The lowest BCUT2D eigenvalue weighted by atomic mass is 10.0. The molecule has 0 unspecified atom stereocenters. The number of rotatable bonds is 3. The maximum Gasteiger partial charge on any atom is 0.222 e. The zero-order valence-corrected chi connectivity index (χ0v) is 12.3. The number of amides is 1. The summed E-state index contributed by atoms with van der Waals surface area (Å²) in [7, 11) is 2.11. The van der Waals surface area contributed by atoms with Crippen LogP contribution in [0.3, 0.4) is 0 Å². The van der Waals surface area contributed by atoms with Crippen LogP contribution in [0.4, 0.5) is 0 Å². The molecule has 1 aliphatic rings. The molecule has 1 aromatic carbocycles. The van der Waals surface area contributed by atoms with Gasteiger partial charge in [-0.15, -0.1) is 0 Å². The van der Waals surface area contributed by atoms with Gasteiger partial charge in [0.2, 0.25) is 5.91 Å². The van der Waals surface area contributed by atoms with Gasteiger partial charge in [0.05, 0.1) is 0 Å². The second-order valence-corrected chi connectivity index (χ2v) is 5.60. The lowest BCUT2D eigenvalue weighted by Crippen LogP contribution is -2.47. The van der Waals surface area contributed by atoms with E-state index in [4.69, 9.17) is 0 Å². The van der Waals surface area contributed by atoms with Gasteiger partial charge in [0, 0.05) is 32.6 Å². The van der Waals surface area contributed by atoms with Crippen LogP contribution in [-0.4, -0.2) is 48.9 Å². The van der Waals surface area contributed by atoms with E-state index in [9.17, 15) is 4.79 Å². The van der Waals surface area contributed by atoms with Crippen LogP contribution in [0.15, 0.2) is 18.2 Å². The fourth-order valence-corrected chi connectivity index (χ4v) is 2.42. The number of hydrogen-bond acceptors (Lipinski definition) is 2. The van der Waals surface area contributed by atoms with Crippen LogP contribution in [0, 0.1) is 13.8 Å². The lowest BCUT2D eigenvalue weighted by molar-refractivity contribution is -0.132. The van der Waals surface area contributed by atoms with Crippen LogP contribution in [0.25, 0.3) is 0 Å². The van der Waals surface area contributed by atoms with Crippen LogP contribution in [0.1, 0.15) is 23.1 Å². The minimum absolute atomic E-state index is 0.298. The number of aryl methyl sites for hydroxylation is 3. The van der Waals surface area contributed by atoms with E-state index in [0.29, 0.717) is 12.3 Å². The molecule has 104 valence electrons. The molecule has 19 heavy (non-hydrogen) atoms. The van der Waals surface area contributed by atoms with Gasteiger partial charge < -0.3 is 9.80 Å². The van der Waals surface area contributed by atoms with Gasteiger partial charge in [-0.05, 0) is 44.0 Å². The number of hydrogen-bond donors (Lipinski definition) is 0. The molecule has 0 radical (unpaired) electrons. The molecule has 1 fully saturated rings. The summed E-state index contributed by atoms with van der Waals surface area (Å²) >= 11 is 0. The molecule has 3 nitrogen and oxygen atoms in total. The lowest BCUT2D eigenvalue weighted by Gasteiger charge is -2.32. The van der Waals surface area contributed by atoms with E-state index in [1.807, 2.05) is 4.90 Å². The summed E-state index contributed by atoms with van der Waals surface area (Å²) in [6.45, 7) is 7.99. The maximum absolute atomic E-state index is 12.1. The van der Waals surface area contributed by atoms with E-state index in [1.54, 1.807) is 0 Å². The Hall–Kier alpha value is -1.35. The van der Waals surface area contributed by atoms with Gasteiger partial charge in [-0.25, -0.2) is 0 Å². The summed E-state index contributed by atoms with van der Waals surface area (Å²) < 4.78 is 0. The molecule has 0 atom stereocenters. The number of piperazine rings is 1. The van der Waals surface area contributed by atoms with Crippen molar-refractivity contribution in [3.63, 3.8) is 0 Å². The SMILES string of the molecule is Cc1ccc(CCC(=O)N2CCN(C)CC2)cc1C. The Morgan fingerprint density at radius 3 is 2.42 bits per heavy atom. The fourth-order valence-electron chi connectivity index (χ4n) is 2.42. The van der Waals surface area contributed by atoms with E-state index in [-0.39, 0.29) is 0 Å². The van der Waals surface area contributed by atoms with Crippen LogP contribution in [0.2, 0.25) is 0 Å². The fraction of sp³-hybridized carbons (Fsp3) is 0.562. The van der Waals surface area contributed by atoms with Crippen LogP contribution >= 0.6 is 0 Å². The van der Waals surface area contributed by atoms with E-state index in [0.717, 1.165) is 32.6 Å².